The van der Waals surface area contributed by atoms with Gasteiger partial charge in [-0.15, -0.1) is 11.3 Å². The molecule has 0 amide bonds. The van der Waals surface area contributed by atoms with E-state index in [0.717, 1.165) is 49.5 Å². The van der Waals surface area contributed by atoms with Gasteiger partial charge in [0.25, 0.3) is 0 Å². The topological polar surface area (TPSA) is 96.0 Å². The first kappa shape index (κ1) is 17.0. The molecule has 0 spiro atoms. The highest BCUT2D eigenvalue weighted by molar-refractivity contribution is 7.15. The molecule has 0 fully saturated rings. The number of aromatic nitrogens is 7. The standard InChI is InChI=1S/C22H15N7S/c1-12-5-6-19(30-12)14-9-23-10-18-20(14)27-22(26-18)21-13-8-16(15-4-2-3-7-24-15)25-11-17(13)28-29-21/h2-11H,1H3,(H,26,27)(H,28,29). The van der Waals surface area contributed by atoms with Crippen molar-refractivity contribution in [3.8, 4) is 33.3 Å². The van der Waals surface area contributed by atoms with E-state index >= 15 is 0 Å². The van der Waals surface area contributed by atoms with Crippen molar-refractivity contribution in [1.29, 1.82) is 0 Å². The van der Waals surface area contributed by atoms with Gasteiger partial charge in [-0.1, -0.05) is 6.07 Å². The van der Waals surface area contributed by atoms with E-state index in [0.29, 0.717) is 5.82 Å². The summed E-state index contributed by atoms with van der Waals surface area (Å²) in [6.45, 7) is 2.10. The number of hydrogen-bond donors (Lipinski definition) is 2. The summed E-state index contributed by atoms with van der Waals surface area (Å²) in [6, 6.07) is 12.0. The second-order valence-electron chi connectivity index (χ2n) is 6.98. The molecule has 0 saturated carbocycles. The van der Waals surface area contributed by atoms with Gasteiger partial charge in [-0.25, -0.2) is 4.98 Å². The maximum atomic E-state index is 4.89. The predicted octanol–water partition coefficient (Wildman–Crippen LogP) is 5.00. The molecule has 0 aliphatic rings. The van der Waals surface area contributed by atoms with Crippen molar-refractivity contribution in [2.24, 2.45) is 0 Å². The van der Waals surface area contributed by atoms with Crippen molar-refractivity contribution in [3.05, 3.63) is 66.1 Å². The van der Waals surface area contributed by atoms with E-state index in [1.165, 1.54) is 4.88 Å². The number of nitrogens with zero attached hydrogens (tertiary/aromatic N) is 5. The number of nitrogens with one attached hydrogen (secondary N) is 2. The molecule has 0 saturated heterocycles. The van der Waals surface area contributed by atoms with Gasteiger partial charge >= 0.3 is 0 Å². The zero-order valence-corrected chi connectivity index (χ0v) is 16.7. The van der Waals surface area contributed by atoms with Crippen LogP contribution in [0.4, 0.5) is 0 Å². The number of fused-ring (bicyclic) bond motifs is 2. The Balaban J connectivity index is 1.52. The Bertz CT molecular complexity index is 1510. The molecule has 30 heavy (non-hydrogen) atoms. The molecule has 7 nitrogen and oxygen atoms in total. The van der Waals surface area contributed by atoms with Crippen LogP contribution in [-0.2, 0) is 0 Å². The normalized spacial score (nSPS) is 11.5. The number of aryl methyl sites for hydroxylation is 1. The molecule has 144 valence electrons. The molecule has 0 atom stereocenters. The van der Waals surface area contributed by atoms with E-state index in [1.54, 1.807) is 29.9 Å². The predicted molar refractivity (Wildman–Crippen MR) is 118 cm³/mol. The fraction of sp³-hybridized carbons (Fsp3) is 0.0455. The van der Waals surface area contributed by atoms with E-state index in [2.05, 4.69) is 49.2 Å². The maximum Gasteiger partial charge on any atom is 0.159 e. The SMILES string of the molecule is Cc1ccc(-c2cncc3[nH]c(-c4n[nH]c5cnc(-c6ccccn6)cc45)nc23)s1. The number of thiophene rings is 1. The Kier molecular flexibility index (Phi) is 3.72. The van der Waals surface area contributed by atoms with Crippen LogP contribution < -0.4 is 0 Å². The van der Waals surface area contributed by atoms with Gasteiger partial charge in [0.15, 0.2) is 5.82 Å². The van der Waals surface area contributed by atoms with Crippen molar-refractivity contribution >= 4 is 33.3 Å². The minimum absolute atomic E-state index is 0.692. The van der Waals surface area contributed by atoms with E-state index in [-0.39, 0.29) is 0 Å². The highest BCUT2D eigenvalue weighted by atomic mass is 32.1. The van der Waals surface area contributed by atoms with Crippen molar-refractivity contribution in [3.63, 3.8) is 0 Å². The Morgan fingerprint density at radius 3 is 2.73 bits per heavy atom. The smallest absolute Gasteiger partial charge is 0.159 e. The van der Waals surface area contributed by atoms with Gasteiger partial charge in [0.05, 0.1) is 34.8 Å². The highest BCUT2D eigenvalue weighted by Gasteiger charge is 2.17. The molecule has 2 N–H and O–H groups in total. The number of hydrogen-bond acceptors (Lipinski definition) is 6. The molecule has 0 unspecified atom stereocenters. The second kappa shape index (κ2) is 6.57. The molecule has 0 radical (unpaired) electrons. The van der Waals surface area contributed by atoms with E-state index in [9.17, 15) is 0 Å². The second-order valence-corrected chi connectivity index (χ2v) is 8.27. The summed E-state index contributed by atoms with van der Waals surface area (Å²) < 4.78 is 0. The number of pyridine rings is 3. The zero-order valence-electron chi connectivity index (χ0n) is 15.9. The van der Waals surface area contributed by atoms with Crippen molar-refractivity contribution in [2.45, 2.75) is 6.92 Å². The van der Waals surface area contributed by atoms with Crippen LogP contribution >= 0.6 is 11.3 Å². The molecular weight excluding hydrogens is 394 g/mol. The van der Waals surface area contributed by atoms with Crippen LogP contribution in [0.3, 0.4) is 0 Å². The van der Waals surface area contributed by atoms with Crippen LogP contribution in [0.5, 0.6) is 0 Å². The first-order valence-corrected chi connectivity index (χ1v) is 10.2. The van der Waals surface area contributed by atoms with Crippen LogP contribution in [0.2, 0.25) is 0 Å². The quantitative estimate of drug-likeness (QED) is 0.429. The third-order valence-corrected chi connectivity index (χ3v) is 6.03. The monoisotopic (exact) mass is 409 g/mol. The Morgan fingerprint density at radius 2 is 1.90 bits per heavy atom. The lowest BCUT2D eigenvalue weighted by molar-refractivity contribution is 1.10. The number of imidazole rings is 1. The zero-order chi connectivity index (χ0) is 20.1. The minimum atomic E-state index is 0.692. The molecule has 6 aromatic rings. The van der Waals surface area contributed by atoms with Gasteiger partial charge in [-0.05, 0) is 37.3 Å². The van der Waals surface area contributed by atoms with Gasteiger partial charge in [0.1, 0.15) is 11.2 Å². The molecule has 6 aromatic heterocycles. The lowest BCUT2D eigenvalue weighted by Gasteiger charge is -2.00. The highest BCUT2D eigenvalue weighted by Crippen LogP contribution is 2.34. The van der Waals surface area contributed by atoms with Gasteiger partial charge < -0.3 is 4.98 Å². The minimum Gasteiger partial charge on any atom is -0.335 e. The average Bonchev–Trinajstić information content (AvgIpc) is 3.51. The van der Waals surface area contributed by atoms with Gasteiger partial charge in [0, 0.05) is 33.1 Å². The summed E-state index contributed by atoms with van der Waals surface area (Å²) in [6.07, 6.45) is 7.20. The summed E-state index contributed by atoms with van der Waals surface area (Å²) in [4.78, 5) is 24.0. The van der Waals surface area contributed by atoms with Crippen LogP contribution in [0.25, 0.3) is 55.3 Å². The van der Waals surface area contributed by atoms with Gasteiger partial charge in [-0.3, -0.25) is 20.1 Å². The van der Waals surface area contributed by atoms with Crippen molar-refractivity contribution in [2.75, 3.05) is 0 Å². The number of rotatable bonds is 3. The lowest BCUT2D eigenvalue weighted by Crippen LogP contribution is -1.87. The third kappa shape index (κ3) is 2.69. The summed E-state index contributed by atoms with van der Waals surface area (Å²) in [7, 11) is 0. The van der Waals surface area contributed by atoms with Crippen LogP contribution in [-0.4, -0.2) is 35.1 Å². The van der Waals surface area contributed by atoms with Crippen LogP contribution in [0, 0.1) is 6.92 Å². The lowest BCUT2D eigenvalue weighted by atomic mass is 10.1. The van der Waals surface area contributed by atoms with Crippen molar-refractivity contribution < 1.29 is 0 Å². The summed E-state index contributed by atoms with van der Waals surface area (Å²) in [5.41, 5.74) is 5.98. The molecule has 6 heterocycles. The Morgan fingerprint density at radius 1 is 0.933 bits per heavy atom. The van der Waals surface area contributed by atoms with E-state index in [1.807, 2.05) is 30.5 Å². The van der Waals surface area contributed by atoms with Gasteiger partial charge in [-0.2, -0.15) is 5.10 Å². The fourth-order valence-electron chi connectivity index (χ4n) is 3.56. The first-order valence-electron chi connectivity index (χ1n) is 9.43. The molecule has 0 bridgehead atoms. The largest absolute Gasteiger partial charge is 0.335 e. The molecular formula is C22H15N7S. The molecule has 0 aliphatic carbocycles. The Hall–Kier alpha value is -3.91. The first-order chi connectivity index (χ1) is 14.8. The average molecular weight is 409 g/mol. The summed E-state index contributed by atoms with van der Waals surface area (Å²) in [5.74, 6) is 0.692. The van der Waals surface area contributed by atoms with Crippen LogP contribution in [0.15, 0.2) is 61.2 Å². The Labute approximate surface area is 174 Å². The summed E-state index contributed by atoms with van der Waals surface area (Å²) >= 11 is 1.73. The van der Waals surface area contributed by atoms with Crippen LogP contribution in [0.1, 0.15) is 4.88 Å². The maximum absolute atomic E-state index is 4.89. The fourth-order valence-corrected chi connectivity index (χ4v) is 4.43. The summed E-state index contributed by atoms with van der Waals surface area (Å²) in [5, 5.41) is 8.49. The molecule has 0 aliphatic heterocycles. The molecule has 8 heteroatoms. The molecule has 0 aromatic carbocycles. The number of H-pyrrole nitrogens is 2. The van der Waals surface area contributed by atoms with Gasteiger partial charge in [0.2, 0.25) is 0 Å². The van der Waals surface area contributed by atoms with E-state index < -0.39 is 0 Å². The van der Waals surface area contributed by atoms with Crippen molar-refractivity contribution in [1.82, 2.24) is 35.1 Å². The molecule has 6 rings (SSSR count). The number of aromatic amines is 2. The van der Waals surface area contributed by atoms with E-state index in [4.69, 9.17) is 4.98 Å². The third-order valence-electron chi connectivity index (χ3n) is 5.00.